The predicted octanol–water partition coefficient (Wildman–Crippen LogP) is 3.79. The molecule has 0 amide bonds. The van der Waals surface area contributed by atoms with Gasteiger partial charge in [-0.3, -0.25) is 4.99 Å². The molecule has 1 aliphatic rings. The summed E-state index contributed by atoms with van der Waals surface area (Å²) in [4.78, 5) is 5.86. The molecule has 2 nitrogen and oxygen atoms in total. The normalized spacial score (nSPS) is 16.4. The molecule has 0 aromatic heterocycles. The zero-order valence-electron chi connectivity index (χ0n) is 9.70. The number of hydrogen-bond donors (Lipinski definition) is 1. The summed E-state index contributed by atoms with van der Waals surface area (Å²) in [6.07, 6.45) is 6.98. The molecule has 1 heterocycles. The number of amidine groups is 1. The number of nitrogens with zero attached hydrogens (tertiary/aromatic N) is 1. The van der Waals surface area contributed by atoms with Gasteiger partial charge in [0.05, 0.1) is 0 Å². The van der Waals surface area contributed by atoms with Crippen LogP contribution in [0.5, 0.6) is 0 Å². The number of aliphatic imine (C=N–C) groups is 1. The van der Waals surface area contributed by atoms with E-state index >= 15 is 0 Å². The summed E-state index contributed by atoms with van der Waals surface area (Å²) in [7, 11) is 0. The first-order valence-electron chi connectivity index (χ1n) is 5.83. The molecule has 3 heteroatoms. The number of anilines is 1. The van der Waals surface area contributed by atoms with E-state index in [2.05, 4.69) is 40.8 Å². The Balaban J connectivity index is 1.99. The molecule has 0 fully saturated rings. The van der Waals surface area contributed by atoms with E-state index in [9.17, 15) is 0 Å². The molecule has 1 N–H and O–H groups in total. The van der Waals surface area contributed by atoms with Crippen LogP contribution in [0.4, 0.5) is 5.69 Å². The maximum absolute atomic E-state index is 4.56. The fourth-order valence-electron chi connectivity index (χ4n) is 1.82. The highest BCUT2D eigenvalue weighted by molar-refractivity contribution is 7.98. The van der Waals surface area contributed by atoms with Crippen LogP contribution < -0.4 is 5.32 Å². The second-order valence-corrected chi connectivity index (χ2v) is 4.87. The van der Waals surface area contributed by atoms with E-state index < -0.39 is 0 Å². The van der Waals surface area contributed by atoms with Crippen LogP contribution in [0.15, 0.2) is 34.2 Å². The molecule has 2 rings (SSSR count). The standard InChI is InChI=1S/C13H18N2S/c1-16-12-8-6-11(7-9-12)15-13-5-3-2-4-10-14-13/h6-9H,2-5,10H2,1H3,(H,14,15). The van der Waals surface area contributed by atoms with E-state index in [1.54, 1.807) is 11.8 Å². The van der Waals surface area contributed by atoms with Gasteiger partial charge in [-0.05, 0) is 43.4 Å². The van der Waals surface area contributed by atoms with Crippen LogP contribution in [-0.4, -0.2) is 18.6 Å². The highest BCUT2D eigenvalue weighted by atomic mass is 32.2. The topological polar surface area (TPSA) is 24.4 Å². The number of hydrogen-bond acceptors (Lipinski definition) is 3. The van der Waals surface area contributed by atoms with Gasteiger partial charge in [-0.25, -0.2) is 0 Å². The van der Waals surface area contributed by atoms with E-state index in [1.807, 2.05) is 0 Å². The molecular weight excluding hydrogens is 216 g/mol. The summed E-state index contributed by atoms with van der Waals surface area (Å²) < 4.78 is 0. The predicted molar refractivity (Wildman–Crippen MR) is 72.6 cm³/mol. The molecule has 0 saturated carbocycles. The van der Waals surface area contributed by atoms with E-state index in [-0.39, 0.29) is 0 Å². The lowest BCUT2D eigenvalue weighted by atomic mass is 10.2. The third-order valence-electron chi connectivity index (χ3n) is 2.75. The van der Waals surface area contributed by atoms with Gasteiger partial charge in [-0.15, -0.1) is 11.8 Å². The number of benzene rings is 1. The van der Waals surface area contributed by atoms with Gasteiger partial charge in [0.15, 0.2) is 0 Å². The Hall–Kier alpha value is -0.960. The first-order valence-corrected chi connectivity index (χ1v) is 7.05. The largest absolute Gasteiger partial charge is 0.344 e. The Kier molecular flexibility index (Phi) is 4.28. The third kappa shape index (κ3) is 3.27. The van der Waals surface area contributed by atoms with Gasteiger partial charge in [-0.2, -0.15) is 0 Å². The van der Waals surface area contributed by atoms with Gasteiger partial charge in [0.2, 0.25) is 0 Å². The SMILES string of the molecule is CSc1ccc(NC2=NCCCCC2)cc1. The van der Waals surface area contributed by atoms with Crippen molar-refractivity contribution >= 4 is 23.3 Å². The first kappa shape index (κ1) is 11.5. The summed E-state index contributed by atoms with van der Waals surface area (Å²) >= 11 is 1.77. The maximum Gasteiger partial charge on any atom is 0.101 e. The van der Waals surface area contributed by atoms with E-state index in [0.29, 0.717) is 0 Å². The van der Waals surface area contributed by atoms with Crippen molar-refractivity contribution in [2.75, 3.05) is 18.1 Å². The Morgan fingerprint density at radius 2 is 1.94 bits per heavy atom. The summed E-state index contributed by atoms with van der Waals surface area (Å²) in [5.74, 6) is 1.15. The Labute approximate surface area is 102 Å². The molecule has 0 saturated heterocycles. The molecule has 1 aliphatic heterocycles. The van der Waals surface area contributed by atoms with Crippen molar-refractivity contribution in [2.45, 2.75) is 30.6 Å². The van der Waals surface area contributed by atoms with Gasteiger partial charge >= 0.3 is 0 Å². The van der Waals surface area contributed by atoms with Crippen molar-refractivity contribution in [1.82, 2.24) is 0 Å². The summed E-state index contributed by atoms with van der Waals surface area (Å²) in [6, 6.07) is 8.53. The molecule has 1 aromatic carbocycles. The van der Waals surface area contributed by atoms with E-state index in [0.717, 1.165) is 24.5 Å². The van der Waals surface area contributed by atoms with E-state index in [4.69, 9.17) is 0 Å². The molecule has 16 heavy (non-hydrogen) atoms. The molecule has 0 spiro atoms. The molecule has 1 aromatic rings. The molecule has 0 radical (unpaired) electrons. The van der Waals surface area contributed by atoms with Gasteiger partial charge in [-0.1, -0.05) is 6.42 Å². The monoisotopic (exact) mass is 234 g/mol. The highest BCUT2D eigenvalue weighted by Gasteiger charge is 2.04. The highest BCUT2D eigenvalue weighted by Crippen LogP contribution is 2.18. The van der Waals surface area contributed by atoms with Crippen LogP contribution in [0.2, 0.25) is 0 Å². The van der Waals surface area contributed by atoms with Gasteiger partial charge in [0.25, 0.3) is 0 Å². The Morgan fingerprint density at radius 1 is 1.12 bits per heavy atom. The van der Waals surface area contributed by atoms with Crippen molar-refractivity contribution in [3.05, 3.63) is 24.3 Å². The van der Waals surface area contributed by atoms with Crippen LogP contribution in [0.25, 0.3) is 0 Å². The maximum atomic E-state index is 4.56. The quantitative estimate of drug-likeness (QED) is 0.787. The fourth-order valence-corrected chi connectivity index (χ4v) is 2.23. The lowest BCUT2D eigenvalue weighted by Gasteiger charge is -2.08. The minimum absolute atomic E-state index is 0.977. The Morgan fingerprint density at radius 3 is 2.69 bits per heavy atom. The second kappa shape index (κ2) is 5.94. The summed E-state index contributed by atoms with van der Waals surface area (Å²) in [6.45, 7) is 0.977. The van der Waals surface area contributed by atoms with Crippen LogP contribution in [-0.2, 0) is 0 Å². The zero-order chi connectivity index (χ0) is 11.2. The lowest BCUT2D eigenvalue weighted by Crippen LogP contribution is -2.11. The average Bonchev–Trinajstić information content (AvgIpc) is 2.59. The molecule has 0 aliphatic carbocycles. The Bertz CT molecular complexity index is 357. The molecule has 0 atom stereocenters. The molecule has 0 bridgehead atoms. The fraction of sp³-hybridized carbons (Fsp3) is 0.462. The van der Waals surface area contributed by atoms with Crippen LogP contribution in [0.1, 0.15) is 25.7 Å². The van der Waals surface area contributed by atoms with Gasteiger partial charge < -0.3 is 5.32 Å². The van der Waals surface area contributed by atoms with Crippen molar-refractivity contribution in [3.8, 4) is 0 Å². The molecule has 86 valence electrons. The van der Waals surface area contributed by atoms with E-state index in [1.165, 1.54) is 24.2 Å². The van der Waals surface area contributed by atoms with Crippen LogP contribution in [0, 0.1) is 0 Å². The van der Waals surface area contributed by atoms with Crippen molar-refractivity contribution < 1.29 is 0 Å². The first-order chi connectivity index (χ1) is 7.88. The van der Waals surface area contributed by atoms with Crippen molar-refractivity contribution in [3.63, 3.8) is 0 Å². The molecular formula is C13H18N2S. The number of nitrogens with one attached hydrogen (secondary N) is 1. The number of rotatable bonds is 2. The van der Waals surface area contributed by atoms with Gasteiger partial charge in [0, 0.05) is 23.5 Å². The van der Waals surface area contributed by atoms with Crippen molar-refractivity contribution in [2.24, 2.45) is 4.99 Å². The van der Waals surface area contributed by atoms with Crippen LogP contribution in [0.3, 0.4) is 0 Å². The van der Waals surface area contributed by atoms with Crippen LogP contribution >= 0.6 is 11.8 Å². The zero-order valence-corrected chi connectivity index (χ0v) is 10.5. The summed E-state index contributed by atoms with van der Waals surface area (Å²) in [5, 5.41) is 3.41. The average molecular weight is 234 g/mol. The lowest BCUT2D eigenvalue weighted by molar-refractivity contribution is 0.731. The smallest absolute Gasteiger partial charge is 0.101 e. The minimum atomic E-state index is 0.977. The third-order valence-corrected chi connectivity index (χ3v) is 3.50. The summed E-state index contributed by atoms with van der Waals surface area (Å²) in [5.41, 5.74) is 1.15. The van der Waals surface area contributed by atoms with Crippen molar-refractivity contribution in [1.29, 1.82) is 0 Å². The van der Waals surface area contributed by atoms with Gasteiger partial charge in [0.1, 0.15) is 5.84 Å². The minimum Gasteiger partial charge on any atom is -0.344 e. The second-order valence-electron chi connectivity index (χ2n) is 3.99. The number of thioether (sulfide) groups is 1. The molecule has 0 unspecified atom stereocenters.